The van der Waals surface area contributed by atoms with E-state index in [1.54, 1.807) is 0 Å². The zero-order valence-corrected chi connectivity index (χ0v) is 12.5. The number of benzene rings is 1. The normalized spacial score (nSPS) is 16.9. The molecule has 100 valence electrons. The number of piperazine rings is 1. The van der Waals surface area contributed by atoms with Crippen molar-refractivity contribution in [3.05, 3.63) is 40.5 Å². The minimum Gasteiger partial charge on any atom is -0.314 e. The van der Waals surface area contributed by atoms with E-state index >= 15 is 0 Å². The lowest BCUT2D eigenvalue weighted by molar-refractivity contribution is 0.244. The molecule has 0 spiro atoms. The Morgan fingerprint density at radius 3 is 2.89 bits per heavy atom. The molecule has 1 aromatic carbocycles. The van der Waals surface area contributed by atoms with E-state index in [1.165, 1.54) is 10.9 Å². The maximum atomic E-state index is 4.53. The molecule has 1 aliphatic rings. The van der Waals surface area contributed by atoms with Gasteiger partial charge in [-0.15, -0.1) is 0 Å². The van der Waals surface area contributed by atoms with E-state index in [0.29, 0.717) is 0 Å². The predicted octanol–water partition coefficient (Wildman–Crippen LogP) is 2.45. The fourth-order valence-corrected chi connectivity index (χ4v) is 2.89. The SMILES string of the molecule is Brc1ccc2ncc(CCN3CCNCC3)cc2c1. The second-order valence-electron chi connectivity index (χ2n) is 5.02. The van der Waals surface area contributed by atoms with Gasteiger partial charge in [0.05, 0.1) is 5.52 Å². The van der Waals surface area contributed by atoms with Gasteiger partial charge >= 0.3 is 0 Å². The highest BCUT2D eigenvalue weighted by atomic mass is 79.9. The van der Waals surface area contributed by atoms with Crippen molar-refractivity contribution in [3.8, 4) is 0 Å². The fourth-order valence-electron chi connectivity index (χ4n) is 2.51. The number of nitrogens with one attached hydrogen (secondary N) is 1. The molecule has 0 saturated carbocycles. The van der Waals surface area contributed by atoms with Gasteiger partial charge in [-0.3, -0.25) is 4.98 Å². The summed E-state index contributed by atoms with van der Waals surface area (Å²) < 4.78 is 1.11. The summed E-state index contributed by atoms with van der Waals surface area (Å²) in [5, 5.41) is 4.60. The first-order valence-electron chi connectivity index (χ1n) is 6.78. The van der Waals surface area contributed by atoms with Gasteiger partial charge in [0, 0.05) is 48.8 Å². The van der Waals surface area contributed by atoms with Gasteiger partial charge in [-0.25, -0.2) is 0 Å². The van der Waals surface area contributed by atoms with Crippen molar-refractivity contribution in [2.45, 2.75) is 6.42 Å². The van der Waals surface area contributed by atoms with Crippen LogP contribution in [0.15, 0.2) is 34.9 Å². The first-order valence-corrected chi connectivity index (χ1v) is 7.58. The highest BCUT2D eigenvalue weighted by Gasteiger charge is 2.09. The molecule has 3 nitrogen and oxygen atoms in total. The number of fused-ring (bicyclic) bond motifs is 1. The van der Waals surface area contributed by atoms with Gasteiger partial charge in [-0.2, -0.15) is 0 Å². The lowest BCUT2D eigenvalue weighted by Crippen LogP contribution is -2.44. The maximum absolute atomic E-state index is 4.53. The van der Waals surface area contributed by atoms with Gasteiger partial charge < -0.3 is 10.2 Å². The first-order chi connectivity index (χ1) is 9.31. The van der Waals surface area contributed by atoms with Crippen LogP contribution in [0.5, 0.6) is 0 Å². The van der Waals surface area contributed by atoms with Crippen LogP contribution in [-0.4, -0.2) is 42.6 Å². The zero-order valence-electron chi connectivity index (χ0n) is 10.9. The zero-order chi connectivity index (χ0) is 13.1. The molecule has 0 amide bonds. The lowest BCUT2D eigenvalue weighted by Gasteiger charge is -2.27. The predicted molar refractivity (Wildman–Crippen MR) is 82.5 cm³/mol. The number of pyridine rings is 1. The van der Waals surface area contributed by atoms with Crippen molar-refractivity contribution in [2.75, 3.05) is 32.7 Å². The van der Waals surface area contributed by atoms with Gasteiger partial charge in [0.25, 0.3) is 0 Å². The Morgan fingerprint density at radius 1 is 1.21 bits per heavy atom. The Bertz CT molecular complexity index is 564. The lowest BCUT2D eigenvalue weighted by atomic mass is 10.1. The van der Waals surface area contributed by atoms with Crippen molar-refractivity contribution in [1.82, 2.24) is 15.2 Å². The Kier molecular flexibility index (Phi) is 4.11. The molecule has 4 heteroatoms. The second kappa shape index (κ2) is 5.99. The van der Waals surface area contributed by atoms with Crippen LogP contribution in [0.1, 0.15) is 5.56 Å². The maximum Gasteiger partial charge on any atom is 0.0702 e. The van der Waals surface area contributed by atoms with Crippen molar-refractivity contribution < 1.29 is 0 Å². The van der Waals surface area contributed by atoms with Crippen LogP contribution >= 0.6 is 15.9 Å². The average molecular weight is 320 g/mol. The molecule has 1 aromatic heterocycles. The Labute approximate surface area is 122 Å². The van der Waals surface area contributed by atoms with Gasteiger partial charge in [0.2, 0.25) is 0 Å². The highest BCUT2D eigenvalue weighted by molar-refractivity contribution is 9.10. The monoisotopic (exact) mass is 319 g/mol. The van der Waals surface area contributed by atoms with Gasteiger partial charge in [-0.1, -0.05) is 15.9 Å². The van der Waals surface area contributed by atoms with Crippen LogP contribution in [0.3, 0.4) is 0 Å². The number of nitrogens with zero attached hydrogens (tertiary/aromatic N) is 2. The summed E-state index contributed by atoms with van der Waals surface area (Å²) in [5.74, 6) is 0. The Hall–Kier alpha value is -0.970. The molecule has 2 aromatic rings. The van der Waals surface area contributed by atoms with Gasteiger partial charge in [0.15, 0.2) is 0 Å². The molecule has 1 fully saturated rings. The van der Waals surface area contributed by atoms with Crippen LogP contribution in [0.2, 0.25) is 0 Å². The number of hydrogen-bond donors (Lipinski definition) is 1. The van der Waals surface area contributed by atoms with E-state index in [9.17, 15) is 0 Å². The Balaban J connectivity index is 1.70. The van der Waals surface area contributed by atoms with E-state index in [0.717, 1.165) is 49.1 Å². The molecule has 0 atom stereocenters. The third-order valence-corrected chi connectivity index (χ3v) is 4.12. The molecule has 2 heterocycles. The molecule has 3 rings (SSSR count). The highest BCUT2D eigenvalue weighted by Crippen LogP contribution is 2.19. The summed E-state index contributed by atoms with van der Waals surface area (Å²) in [5.41, 5.74) is 2.39. The van der Waals surface area contributed by atoms with E-state index in [2.05, 4.69) is 49.3 Å². The van der Waals surface area contributed by atoms with E-state index in [1.807, 2.05) is 12.3 Å². The molecule has 1 aliphatic heterocycles. The van der Waals surface area contributed by atoms with Crippen LogP contribution in [0.25, 0.3) is 10.9 Å². The summed E-state index contributed by atoms with van der Waals surface area (Å²) in [6, 6.07) is 8.49. The first kappa shape index (κ1) is 13.0. The largest absolute Gasteiger partial charge is 0.314 e. The minimum atomic E-state index is 1.06. The fraction of sp³-hybridized carbons (Fsp3) is 0.400. The summed E-state index contributed by atoms with van der Waals surface area (Å²) >= 11 is 3.52. The third-order valence-electron chi connectivity index (χ3n) is 3.63. The summed E-state index contributed by atoms with van der Waals surface area (Å²) in [6.07, 6.45) is 3.09. The molecule has 0 aliphatic carbocycles. The number of hydrogen-bond acceptors (Lipinski definition) is 3. The minimum absolute atomic E-state index is 1.06. The van der Waals surface area contributed by atoms with Crippen LogP contribution in [0, 0.1) is 0 Å². The molecule has 19 heavy (non-hydrogen) atoms. The van der Waals surface area contributed by atoms with Crippen molar-refractivity contribution in [2.24, 2.45) is 0 Å². The van der Waals surface area contributed by atoms with E-state index < -0.39 is 0 Å². The molecule has 0 unspecified atom stereocenters. The van der Waals surface area contributed by atoms with E-state index in [-0.39, 0.29) is 0 Å². The van der Waals surface area contributed by atoms with Crippen molar-refractivity contribution in [3.63, 3.8) is 0 Å². The quantitative estimate of drug-likeness (QED) is 0.942. The Morgan fingerprint density at radius 2 is 2.05 bits per heavy atom. The van der Waals surface area contributed by atoms with Crippen LogP contribution in [-0.2, 0) is 6.42 Å². The molecule has 1 saturated heterocycles. The second-order valence-corrected chi connectivity index (χ2v) is 5.94. The average Bonchev–Trinajstić information content (AvgIpc) is 2.46. The topological polar surface area (TPSA) is 28.2 Å². The van der Waals surface area contributed by atoms with Gasteiger partial charge in [-0.05, 0) is 36.2 Å². The van der Waals surface area contributed by atoms with Crippen molar-refractivity contribution in [1.29, 1.82) is 0 Å². The molecule has 0 radical (unpaired) electrons. The summed E-state index contributed by atoms with van der Waals surface area (Å²) in [7, 11) is 0. The summed E-state index contributed by atoms with van der Waals surface area (Å²) in [6.45, 7) is 5.67. The standard InChI is InChI=1S/C15H18BrN3/c16-14-1-2-15-13(10-14)9-12(11-18-15)3-6-19-7-4-17-5-8-19/h1-2,9-11,17H,3-8H2. The third kappa shape index (κ3) is 3.32. The number of rotatable bonds is 3. The van der Waals surface area contributed by atoms with Crippen molar-refractivity contribution >= 4 is 26.8 Å². The van der Waals surface area contributed by atoms with Gasteiger partial charge in [0.1, 0.15) is 0 Å². The summed E-state index contributed by atoms with van der Waals surface area (Å²) in [4.78, 5) is 7.05. The van der Waals surface area contributed by atoms with Crippen LogP contribution < -0.4 is 5.32 Å². The number of aromatic nitrogens is 1. The molecular formula is C15H18BrN3. The van der Waals surface area contributed by atoms with E-state index in [4.69, 9.17) is 0 Å². The number of halogens is 1. The molecule has 1 N–H and O–H groups in total. The molecule has 0 bridgehead atoms. The molecular weight excluding hydrogens is 302 g/mol. The van der Waals surface area contributed by atoms with Crippen LogP contribution in [0.4, 0.5) is 0 Å². The smallest absolute Gasteiger partial charge is 0.0702 e.